The van der Waals surface area contributed by atoms with Crippen LogP contribution in [0.3, 0.4) is 0 Å². The maximum Gasteiger partial charge on any atom is 0.252 e. The predicted octanol–water partition coefficient (Wildman–Crippen LogP) is 14.3. The molecule has 12 rings (SSSR count). The number of fused-ring (bicyclic) bond motifs is 7. The van der Waals surface area contributed by atoms with E-state index < -0.39 is 0 Å². The van der Waals surface area contributed by atoms with Crippen LogP contribution in [0.4, 0.5) is 34.1 Å². The van der Waals surface area contributed by atoms with Crippen molar-refractivity contribution >= 4 is 79.2 Å². The first-order chi connectivity index (χ1) is 30.8. The van der Waals surface area contributed by atoms with E-state index in [1.54, 1.807) is 0 Å². The first-order valence-corrected chi connectivity index (χ1v) is 22.0. The van der Waals surface area contributed by atoms with Crippen LogP contribution in [-0.2, 0) is 5.41 Å². The number of benzene rings is 9. The van der Waals surface area contributed by atoms with Gasteiger partial charge in [0.05, 0.1) is 0 Å². The number of furan rings is 1. The number of hydrogen-bond donors (Lipinski definition) is 0. The van der Waals surface area contributed by atoms with Gasteiger partial charge in [0.1, 0.15) is 11.2 Å². The van der Waals surface area contributed by atoms with Crippen molar-refractivity contribution in [3.63, 3.8) is 0 Å². The van der Waals surface area contributed by atoms with Gasteiger partial charge in [-0.3, -0.25) is 0 Å². The Morgan fingerprint density at radius 3 is 1.79 bits per heavy atom. The fraction of sp³-hybridized carbons (Fsp3) is 0.0847. The lowest BCUT2D eigenvalue weighted by Crippen LogP contribution is -2.61. The van der Waals surface area contributed by atoms with Crippen LogP contribution in [-0.4, -0.2) is 6.71 Å². The molecule has 10 aromatic rings. The topological polar surface area (TPSA) is 19.6 Å². The van der Waals surface area contributed by atoms with Crippen LogP contribution in [0.15, 0.2) is 205 Å². The highest BCUT2D eigenvalue weighted by molar-refractivity contribution is 7.00. The van der Waals surface area contributed by atoms with Crippen LogP contribution >= 0.6 is 0 Å². The Bertz CT molecular complexity index is 3400. The maximum atomic E-state index is 6.60. The third-order valence-electron chi connectivity index (χ3n) is 13.2. The average molecular weight is 809 g/mol. The molecule has 0 saturated carbocycles. The minimum absolute atomic E-state index is 0.00171. The highest BCUT2D eigenvalue weighted by Gasteiger charge is 2.44. The van der Waals surface area contributed by atoms with Gasteiger partial charge in [-0.2, -0.15) is 0 Å². The van der Waals surface area contributed by atoms with Gasteiger partial charge in [0, 0.05) is 50.5 Å². The second kappa shape index (κ2) is 14.3. The molecule has 0 N–H and O–H groups in total. The Morgan fingerprint density at radius 2 is 1.05 bits per heavy atom. The normalized spacial score (nSPS) is 13.0. The standard InChI is InChI=1S/C59H45BN2O/c1-38-33-54-57-55(34-38)62(46-20-13-19-43(35-46)47-22-14-23-49-48-21-11-12-24-56(48)63-58(47)49)53-37-44(59(2,3)4)28-31-50(53)60(57)51-36-42(40-17-9-6-10-18-40)27-32-52(51)61(54)45-29-25-41(26-30-45)39-15-7-5-8-16-39/h5-37H,1-4H3. The van der Waals surface area contributed by atoms with Crippen molar-refractivity contribution in [1.29, 1.82) is 0 Å². The Morgan fingerprint density at radius 1 is 0.429 bits per heavy atom. The summed E-state index contributed by atoms with van der Waals surface area (Å²) in [4.78, 5) is 5.05. The van der Waals surface area contributed by atoms with Gasteiger partial charge < -0.3 is 14.2 Å². The smallest absolute Gasteiger partial charge is 0.252 e. The summed E-state index contributed by atoms with van der Waals surface area (Å²) in [6.07, 6.45) is 0. The van der Waals surface area contributed by atoms with Crippen molar-refractivity contribution in [1.82, 2.24) is 0 Å². The van der Waals surface area contributed by atoms with E-state index in [9.17, 15) is 0 Å². The van der Waals surface area contributed by atoms with Crippen LogP contribution in [0.5, 0.6) is 0 Å². The molecule has 2 aliphatic heterocycles. The third-order valence-corrected chi connectivity index (χ3v) is 13.2. The summed E-state index contributed by atoms with van der Waals surface area (Å²) >= 11 is 0. The molecule has 0 amide bonds. The number of nitrogens with zero attached hydrogens (tertiary/aromatic N) is 2. The van der Waals surface area contributed by atoms with Crippen LogP contribution in [0, 0.1) is 6.92 Å². The van der Waals surface area contributed by atoms with Gasteiger partial charge in [-0.1, -0.05) is 166 Å². The van der Waals surface area contributed by atoms with Crippen molar-refractivity contribution in [3.8, 4) is 33.4 Å². The highest BCUT2D eigenvalue weighted by Crippen LogP contribution is 2.47. The van der Waals surface area contributed by atoms with Crippen molar-refractivity contribution in [3.05, 3.63) is 211 Å². The fourth-order valence-corrected chi connectivity index (χ4v) is 10.2. The molecule has 0 spiro atoms. The summed E-state index contributed by atoms with van der Waals surface area (Å²) in [7, 11) is 0. The number of rotatable bonds is 5. The molecule has 3 heterocycles. The molecule has 0 fully saturated rings. The van der Waals surface area contributed by atoms with Crippen molar-refractivity contribution in [2.45, 2.75) is 33.1 Å². The van der Waals surface area contributed by atoms with Crippen LogP contribution in [0.2, 0.25) is 0 Å². The van der Waals surface area contributed by atoms with Crippen LogP contribution in [0.1, 0.15) is 31.9 Å². The zero-order valence-electron chi connectivity index (χ0n) is 35.9. The summed E-state index contributed by atoms with van der Waals surface area (Å²) in [5.41, 5.74) is 22.3. The fourth-order valence-electron chi connectivity index (χ4n) is 10.2. The molecule has 63 heavy (non-hydrogen) atoms. The van der Waals surface area contributed by atoms with E-state index >= 15 is 0 Å². The van der Waals surface area contributed by atoms with Gasteiger partial charge in [-0.25, -0.2) is 0 Å². The maximum absolute atomic E-state index is 6.60. The summed E-state index contributed by atoms with van der Waals surface area (Å²) in [5, 5.41) is 2.27. The van der Waals surface area contributed by atoms with E-state index in [0.29, 0.717) is 0 Å². The van der Waals surface area contributed by atoms with E-state index in [1.165, 1.54) is 72.5 Å². The third kappa shape index (κ3) is 6.04. The summed E-state index contributed by atoms with van der Waals surface area (Å²) < 4.78 is 6.60. The van der Waals surface area contributed by atoms with E-state index in [-0.39, 0.29) is 12.1 Å². The molecule has 9 aromatic carbocycles. The lowest BCUT2D eigenvalue weighted by molar-refractivity contribution is 0.590. The minimum atomic E-state index is -0.0504. The molecule has 0 radical (unpaired) electrons. The van der Waals surface area contributed by atoms with Gasteiger partial charge in [0.25, 0.3) is 6.71 Å². The van der Waals surface area contributed by atoms with Crippen LogP contribution < -0.4 is 26.2 Å². The number of anilines is 6. The first-order valence-electron chi connectivity index (χ1n) is 22.0. The molecule has 0 aliphatic carbocycles. The van der Waals surface area contributed by atoms with E-state index in [1.807, 2.05) is 6.07 Å². The molecule has 0 saturated heterocycles. The van der Waals surface area contributed by atoms with Crippen LogP contribution in [0.25, 0.3) is 55.3 Å². The second-order valence-corrected chi connectivity index (χ2v) is 18.2. The average Bonchev–Trinajstić information content (AvgIpc) is 3.70. The number of aryl methyl sites for hydroxylation is 1. The number of hydrogen-bond acceptors (Lipinski definition) is 3. The minimum Gasteiger partial charge on any atom is -0.455 e. The monoisotopic (exact) mass is 808 g/mol. The number of para-hydroxylation sites is 2. The Kier molecular flexibility index (Phi) is 8.42. The Hall–Kier alpha value is -7.56. The van der Waals surface area contributed by atoms with E-state index in [2.05, 4.69) is 232 Å². The molecule has 0 bridgehead atoms. The summed E-state index contributed by atoms with van der Waals surface area (Å²) in [5.74, 6) is 0. The summed E-state index contributed by atoms with van der Waals surface area (Å²) in [6, 6.07) is 73.6. The summed E-state index contributed by atoms with van der Waals surface area (Å²) in [6.45, 7) is 9.19. The van der Waals surface area contributed by atoms with Gasteiger partial charge in [0.15, 0.2) is 0 Å². The Labute approximate surface area is 369 Å². The van der Waals surface area contributed by atoms with Gasteiger partial charge in [-0.05, 0) is 122 Å². The molecular formula is C59H45BN2O. The SMILES string of the molecule is Cc1cc2c3c(c1)N(c1cccc(-c4cccc5c4oc4ccccc45)c1)c1cc(C(C)(C)C)ccc1B3c1cc(-c3ccccc3)ccc1N2c1ccc(-c2ccccc2)cc1. The molecule has 4 heteroatoms. The molecule has 0 atom stereocenters. The molecule has 3 nitrogen and oxygen atoms in total. The first kappa shape index (κ1) is 37.2. The highest BCUT2D eigenvalue weighted by atomic mass is 16.3. The molecule has 2 aliphatic rings. The van der Waals surface area contributed by atoms with Gasteiger partial charge >= 0.3 is 0 Å². The van der Waals surface area contributed by atoms with E-state index in [4.69, 9.17) is 4.42 Å². The second-order valence-electron chi connectivity index (χ2n) is 18.2. The predicted molar refractivity (Wildman–Crippen MR) is 267 cm³/mol. The lowest BCUT2D eigenvalue weighted by atomic mass is 9.33. The Balaban J connectivity index is 1.11. The molecule has 0 unspecified atom stereocenters. The van der Waals surface area contributed by atoms with Crippen molar-refractivity contribution < 1.29 is 4.42 Å². The van der Waals surface area contributed by atoms with Crippen molar-refractivity contribution in [2.24, 2.45) is 0 Å². The molecule has 1 aromatic heterocycles. The lowest BCUT2D eigenvalue weighted by Gasteiger charge is -2.45. The van der Waals surface area contributed by atoms with E-state index in [0.717, 1.165) is 44.4 Å². The zero-order valence-corrected chi connectivity index (χ0v) is 35.9. The molecule has 300 valence electrons. The van der Waals surface area contributed by atoms with Gasteiger partial charge in [-0.15, -0.1) is 0 Å². The quantitative estimate of drug-likeness (QED) is 0.162. The zero-order chi connectivity index (χ0) is 42.4. The van der Waals surface area contributed by atoms with Crippen molar-refractivity contribution in [2.75, 3.05) is 9.80 Å². The molecular weight excluding hydrogens is 763 g/mol. The largest absolute Gasteiger partial charge is 0.455 e. The van der Waals surface area contributed by atoms with Gasteiger partial charge in [0.2, 0.25) is 0 Å².